The minimum atomic E-state index is 0.819. The zero-order chi connectivity index (χ0) is 20.7. The largest absolute Gasteiger partial charge is 0.497 e. The van der Waals surface area contributed by atoms with Crippen LogP contribution < -0.4 is 9.64 Å². The molecule has 4 nitrogen and oxygen atoms in total. The van der Waals surface area contributed by atoms with E-state index in [0.717, 1.165) is 39.4 Å². The fourth-order valence-electron chi connectivity index (χ4n) is 4.07. The van der Waals surface area contributed by atoms with Crippen molar-refractivity contribution in [2.45, 2.75) is 0 Å². The second-order valence-corrected chi connectivity index (χ2v) is 7.55. The predicted molar refractivity (Wildman–Crippen MR) is 125 cm³/mol. The van der Waals surface area contributed by atoms with Gasteiger partial charge in [0.2, 0.25) is 0 Å². The Morgan fingerprint density at radius 3 is 2.10 bits per heavy atom. The van der Waals surface area contributed by atoms with Gasteiger partial charge in [0.05, 0.1) is 29.5 Å². The first kappa shape index (κ1) is 18.3. The molecule has 0 saturated carbocycles. The minimum Gasteiger partial charge on any atom is -0.497 e. The molecule has 0 radical (unpaired) electrons. The molecule has 4 heteroatoms. The Kier molecular flexibility index (Phi) is 4.40. The number of benzene rings is 3. The molecule has 0 aliphatic carbocycles. The van der Waals surface area contributed by atoms with E-state index in [1.807, 2.05) is 32.4 Å². The normalized spacial score (nSPS) is 11.2. The number of nitrogens with zero attached hydrogens (tertiary/aromatic N) is 3. The zero-order valence-electron chi connectivity index (χ0n) is 17.3. The van der Waals surface area contributed by atoms with E-state index in [1.165, 1.54) is 10.8 Å². The third kappa shape index (κ3) is 2.89. The summed E-state index contributed by atoms with van der Waals surface area (Å²) in [6, 6.07) is 27.4. The van der Waals surface area contributed by atoms with Gasteiger partial charge < -0.3 is 14.2 Å². The number of fused-ring (bicyclic) bond motifs is 3. The van der Waals surface area contributed by atoms with Gasteiger partial charge in [-0.05, 0) is 36.4 Å². The van der Waals surface area contributed by atoms with E-state index < -0.39 is 0 Å². The lowest BCUT2D eigenvalue weighted by Gasteiger charge is -2.17. The van der Waals surface area contributed by atoms with Crippen LogP contribution in [0.2, 0.25) is 0 Å². The molecule has 0 aliphatic rings. The standard InChI is InChI=1S/C26H23N3O/c1-28(2)18-14-15-27-23(16-18)22-13-12-19(30-3)17-26(22)29-24-10-6-4-8-20(24)21-9-5-7-11-25(21)29/h4-17H,1-3H3. The fraction of sp³-hybridized carbons (Fsp3) is 0.115. The molecule has 2 aromatic heterocycles. The molecule has 5 rings (SSSR count). The van der Waals surface area contributed by atoms with Gasteiger partial charge in [0.25, 0.3) is 0 Å². The molecule has 0 bridgehead atoms. The SMILES string of the molecule is COc1ccc(-c2cc(N(C)C)ccn2)c(-n2c3ccccc3c3ccccc32)c1. The highest BCUT2D eigenvalue weighted by Gasteiger charge is 2.17. The number of rotatable bonds is 4. The van der Waals surface area contributed by atoms with Gasteiger partial charge >= 0.3 is 0 Å². The number of hydrogen-bond donors (Lipinski definition) is 0. The van der Waals surface area contributed by atoms with Crippen LogP contribution in [0.3, 0.4) is 0 Å². The zero-order valence-corrected chi connectivity index (χ0v) is 17.3. The molecule has 0 fully saturated rings. The summed E-state index contributed by atoms with van der Waals surface area (Å²) in [4.78, 5) is 6.79. The van der Waals surface area contributed by atoms with E-state index in [0.29, 0.717) is 0 Å². The molecule has 0 atom stereocenters. The van der Waals surface area contributed by atoms with Gasteiger partial charge in [-0.3, -0.25) is 4.98 Å². The number of hydrogen-bond acceptors (Lipinski definition) is 3. The maximum Gasteiger partial charge on any atom is 0.120 e. The van der Waals surface area contributed by atoms with E-state index in [4.69, 9.17) is 9.72 Å². The van der Waals surface area contributed by atoms with Crippen LogP contribution in [0.15, 0.2) is 85.1 Å². The van der Waals surface area contributed by atoms with E-state index in [2.05, 4.69) is 76.2 Å². The Morgan fingerprint density at radius 1 is 0.800 bits per heavy atom. The molecular formula is C26H23N3O. The first-order valence-electron chi connectivity index (χ1n) is 9.98. The molecular weight excluding hydrogens is 370 g/mol. The number of anilines is 1. The molecule has 3 aromatic carbocycles. The Bertz CT molecular complexity index is 1310. The van der Waals surface area contributed by atoms with Crippen molar-refractivity contribution in [1.82, 2.24) is 9.55 Å². The Hall–Kier alpha value is -3.79. The quantitative estimate of drug-likeness (QED) is 0.380. The van der Waals surface area contributed by atoms with E-state index >= 15 is 0 Å². The number of ether oxygens (including phenoxy) is 1. The summed E-state index contributed by atoms with van der Waals surface area (Å²) in [7, 11) is 5.79. The van der Waals surface area contributed by atoms with Crippen molar-refractivity contribution in [2.24, 2.45) is 0 Å². The smallest absolute Gasteiger partial charge is 0.120 e. The second-order valence-electron chi connectivity index (χ2n) is 7.55. The molecule has 30 heavy (non-hydrogen) atoms. The highest BCUT2D eigenvalue weighted by atomic mass is 16.5. The third-order valence-electron chi connectivity index (χ3n) is 5.56. The van der Waals surface area contributed by atoms with E-state index in [9.17, 15) is 0 Å². The molecule has 0 aliphatic heterocycles. The lowest BCUT2D eigenvalue weighted by atomic mass is 10.1. The predicted octanol–water partition coefficient (Wildman–Crippen LogP) is 5.92. The van der Waals surface area contributed by atoms with Crippen molar-refractivity contribution >= 4 is 27.5 Å². The van der Waals surface area contributed by atoms with Crippen LogP contribution in [0.4, 0.5) is 5.69 Å². The van der Waals surface area contributed by atoms with Gasteiger partial charge in [-0.15, -0.1) is 0 Å². The van der Waals surface area contributed by atoms with Crippen molar-refractivity contribution in [3.63, 3.8) is 0 Å². The minimum absolute atomic E-state index is 0.819. The highest BCUT2D eigenvalue weighted by molar-refractivity contribution is 6.09. The fourth-order valence-corrected chi connectivity index (χ4v) is 4.07. The van der Waals surface area contributed by atoms with Crippen LogP contribution in [0.1, 0.15) is 0 Å². The average molecular weight is 393 g/mol. The maximum atomic E-state index is 5.59. The van der Waals surface area contributed by atoms with Crippen LogP contribution in [0.25, 0.3) is 38.8 Å². The Balaban J connectivity index is 1.87. The monoisotopic (exact) mass is 393 g/mol. The van der Waals surface area contributed by atoms with Crippen molar-refractivity contribution < 1.29 is 4.74 Å². The van der Waals surface area contributed by atoms with Gasteiger partial charge in [0.1, 0.15) is 5.75 Å². The molecule has 0 unspecified atom stereocenters. The second kappa shape index (κ2) is 7.23. The number of para-hydroxylation sites is 2. The summed E-state index contributed by atoms with van der Waals surface area (Å²) in [5.41, 5.74) is 6.49. The lowest BCUT2D eigenvalue weighted by Crippen LogP contribution is -2.09. The van der Waals surface area contributed by atoms with Gasteiger partial charge in [-0.25, -0.2) is 0 Å². The van der Waals surface area contributed by atoms with Crippen molar-refractivity contribution in [3.05, 3.63) is 85.1 Å². The summed E-state index contributed by atoms with van der Waals surface area (Å²) < 4.78 is 7.90. The topological polar surface area (TPSA) is 30.3 Å². The van der Waals surface area contributed by atoms with Crippen LogP contribution in [-0.2, 0) is 0 Å². The molecule has 0 N–H and O–H groups in total. The Labute approximate surface area is 176 Å². The Morgan fingerprint density at radius 2 is 1.47 bits per heavy atom. The highest BCUT2D eigenvalue weighted by Crippen LogP contribution is 2.37. The summed E-state index contributed by atoms with van der Waals surface area (Å²) in [6.07, 6.45) is 1.87. The van der Waals surface area contributed by atoms with Gasteiger partial charge in [0, 0.05) is 48.4 Å². The maximum absolute atomic E-state index is 5.59. The van der Waals surface area contributed by atoms with Crippen LogP contribution >= 0.6 is 0 Å². The summed E-state index contributed by atoms with van der Waals surface area (Å²) in [5, 5.41) is 2.47. The summed E-state index contributed by atoms with van der Waals surface area (Å²) >= 11 is 0. The van der Waals surface area contributed by atoms with Gasteiger partial charge in [-0.2, -0.15) is 0 Å². The first-order chi connectivity index (χ1) is 14.7. The molecule has 0 amide bonds. The number of methoxy groups -OCH3 is 1. The van der Waals surface area contributed by atoms with E-state index in [-0.39, 0.29) is 0 Å². The summed E-state index contributed by atoms with van der Waals surface area (Å²) in [5.74, 6) is 0.819. The average Bonchev–Trinajstić information content (AvgIpc) is 3.13. The lowest BCUT2D eigenvalue weighted by molar-refractivity contribution is 0.414. The van der Waals surface area contributed by atoms with Crippen LogP contribution in [0.5, 0.6) is 5.75 Å². The summed E-state index contributed by atoms with van der Waals surface area (Å²) in [6.45, 7) is 0. The molecule has 2 heterocycles. The van der Waals surface area contributed by atoms with Crippen molar-refractivity contribution in [1.29, 1.82) is 0 Å². The third-order valence-corrected chi connectivity index (χ3v) is 5.56. The van der Waals surface area contributed by atoms with Crippen LogP contribution in [0, 0.1) is 0 Å². The van der Waals surface area contributed by atoms with Gasteiger partial charge in [0.15, 0.2) is 0 Å². The van der Waals surface area contributed by atoms with Gasteiger partial charge in [-0.1, -0.05) is 36.4 Å². The van der Waals surface area contributed by atoms with E-state index in [1.54, 1.807) is 7.11 Å². The molecule has 0 spiro atoms. The first-order valence-corrected chi connectivity index (χ1v) is 9.98. The van der Waals surface area contributed by atoms with Crippen molar-refractivity contribution in [3.8, 4) is 22.7 Å². The molecule has 0 saturated heterocycles. The number of pyridine rings is 1. The van der Waals surface area contributed by atoms with Crippen molar-refractivity contribution in [2.75, 3.05) is 26.1 Å². The number of aromatic nitrogens is 2. The molecule has 148 valence electrons. The van der Waals surface area contributed by atoms with Crippen LogP contribution in [-0.4, -0.2) is 30.8 Å². The molecule has 5 aromatic rings.